The van der Waals surface area contributed by atoms with Crippen molar-refractivity contribution in [3.8, 4) is 0 Å². The fraction of sp³-hybridized carbons (Fsp3) is 0.467. The third-order valence-electron chi connectivity index (χ3n) is 8.18. The van der Waals surface area contributed by atoms with E-state index in [4.69, 9.17) is 0 Å². The summed E-state index contributed by atoms with van der Waals surface area (Å²) in [5.41, 5.74) is 6.74. The fourth-order valence-corrected chi connectivity index (χ4v) is 6.93. The monoisotopic (exact) mass is 396 g/mol. The van der Waals surface area contributed by atoms with E-state index in [1.165, 1.54) is 77.0 Å². The van der Waals surface area contributed by atoms with E-state index < -0.39 is 0 Å². The Bertz CT molecular complexity index is 826. The molecule has 0 nitrogen and oxygen atoms in total. The molecule has 0 heterocycles. The molecular weight excluding hydrogens is 360 g/mol. The van der Waals surface area contributed by atoms with Crippen molar-refractivity contribution < 1.29 is 0 Å². The molecule has 2 aromatic rings. The summed E-state index contributed by atoms with van der Waals surface area (Å²) in [4.78, 5) is 0. The number of benzene rings is 2. The number of rotatable bonds is 2. The third-order valence-corrected chi connectivity index (χ3v) is 8.18. The van der Waals surface area contributed by atoms with E-state index >= 15 is 0 Å². The zero-order valence-electron chi connectivity index (χ0n) is 18.4. The predicted molar refractivity (Wildman–Crippen MR) is 128 cm³/mol. The Hall–Kier alpha value is -2.08. The molecule has 0 saturated heterocycles. The summed E-state index contributed by atoms with van der Waals surface area (Å²) in [6.45, 7) is 0. The van der Waals surface area contributed by atoms with Crippen LogP contribution >= 0.6 is 0 Å². The zero-order valence-corrected chi connectivity index (χ0v) is 18.4. The first-order chi connectivity index (χ1) is 14.9. The lowest BCUT2D eigenvalue weighted by Gasteiger charge is -2.65. The van der Waals surface area contributed by atoms with Crippen LogP contribution in [0.25, 0.3) is 0 Å². The van der Waals surface area contributed by atoms with Gasteiger partial charge in [-0.15, -0.1) is 0 Å². The second-order valence-corrected chi connectivity index (χ2v) is 9.68. The van der Waals surface area contributed by atoms with Crippen LogP contribution in [0.4, 0.5) is 0 Å². The van der Waals surface area contributed by atoms with E-state index in [1.807, 2.05) is 0 Å². The van der Waals surface area contributed by atoms with Gasteiger partial charge in [0.05, 0.1) is 0 Å². The van der Waals surface area contributed by atoms with Crippen LogP contribution in [0.2, 0.25) is 0 Å². The van der Waals surface area contributed by atoms with Crippen molar-refractivity contribution in [3.63, 3.8) is 0 Å². The Morgan fingerprint density at radius 2 is 0.833 bits per heavy atom. The maximum absolute atomic E-state index is 2.66. The second kappa shape index (κ2) is 8.58. The van der Waals surface area contributed by atoms with Gasteiger partial charge in [0.2, 0.25) is 0 Å². The Balaban J connectivity index is 1.79. The molecule has 3 aliphatic carbocycles. The summed E-state index contributed by atoms with van der Waals surface area (Å²) in [5.74, 6) is 0. The van der Waals surface area contributed by atoms with Crippen molar-refractivity contribution in [2.75, 3.05) is 0 Å². The molecule has 0 spiro atoms. The molecule has 1 fully saturated rings. The molecule has 3 aliphatic rings. The van der Waals surface area contributed by atoms with Crippen LogP contribution in [0.5, 0.6) is 0 Å². The van der Waals surface area contributed by atoms with Gasteiger partial charge in [-0.2, -0.15) is 0 Å². The Labute approximate surface area is 183 Å². The highest BCUT2D eigenvalue weighted by Gasteiger charge is 2.65. The minimum Gasteiger partial charge on any atom is -0.0801 e. The second-order valence-electron chi connectivity index (χ2n) is 9.68. The predicted octanol–water partition coefficient (Wildman–Crippen LogP) is 8.44. The van der Waals surface area contributed by atoms with Crippen LogP contribution in [0.15, 0.2) is 84.0 Å². The van der Waals surface area contributed by atoms with Gasteiger partial charge >= 0.3 is 0 Å². The molecule has 0 bridgehead atoms. The maximum atomic E-state index is 2.66. The average Bonchev–Trinajstić information content (AvgIpc) is 2.95. The normalized spacial score (nSPS) is 33.2. The highest BCUT2D eigenvalue weighted by atomic mass is 14.7. The maximum Gasteiger partial charge on any atom is 0.0339 e. The first-order valence-electron chi connectivity index (χ1n) is 12.4. The van der Waals surface area contributed by atoms with Gasteiger partial charge in [-0.25, -0.2) is 0 Å². The largest absolute Gasteiger partial charge is 0.0801 e. The summed E-state index contributed by atoms with van der Waals surface area (Å²) >= 11 is 0. The minimum absolute atomic E-state index is 0.135. The van der Waals surface area contributed by atoms with Crippen LogP contribution in [0.1, 0.15) is 88.2 Å². The SMILES string of the molecule is C1=C2/C3=C/CCCCCC[C@@]3(c3ccccc3)[C@]2(c2ccccc2)CCCCCC/1. The summed E-state index contributed by atoms with van der Waals surface area (Å²) in [6.07, 6.45) is 21.3. The fourth-order valence-electron chi connectivity index (χ4n) is 6.93. The van der Waals surface area contributed by atoms with Crippen molar-refractivity contribution >= 4 is 0 Å². The summed E-state index contributed by atoms with van der Waals surface area (Å²) < 4.78 is 0. The molecule has 0 unspecified atom stereocenters. The molecule has 2 aromatic carbocycles. The molecular formula is C30H36. The van der Waals surface area contributed by atoms with Gasteiger partial charge in [0.15, 0.2) is 0 Å². The highest BCUT2D eigenvalue weighted by Crippen LogP contribution is 2.70. The van der Waals surface area contributed by atoms with Gasteiger partial charge < -0.3 is 0 Å². The lowest BCUT2D eigenvalue weighted by Crippen LogP contribution is -2.61. The van der Waals surface area contributed by atoms with Gasteiger partial charge in [-0.3, -0.25) is 0 Å². The number of fused-ring (bicyclic) bond motifs is 4. The molecule has 1 saturated carbocycles. The van der Waals surface area contributed by atoms with Crippen molar-refractivity contribution in [3.05, 3.63) is 95.1 Å². The van der Waals surface area contributed by atoms with E-state index in [1.54, 1.807) is 22.3 Å². The van der Waals surface area contributed by atoms with E-state index in [0.717, 1.165) is 0 Å². The van der Waals surface area contributed by atoms with Gasteiger partial charge in [0, 0.05) is 10.8 Å². The van der Waals surface area contributed by atoms with Crippen LogP contribution in [-0.4, -0.2) is 0 Å². The van der Waals surface area contributed by atoms with Gasteiger partial charge in [-0.1, -0.05) is 111 Å². The van der Waals surface area contributed by atoms with Crippen LogP contribution < -0.4 is 0 Å². The smallest absolute Gasteiger partial charge is 0.0339 e. The van der Waals surface area contributed by atoms with Crippen LogP contribution in [-0.2, 0) is 10.8 Å². The Kier molecular flexibility index (Phi) is 5.68. The van der Waals surface area contributed by atoms with Gasteiger partial charge in [0.1, 0.15) is 0 Å². The first-order valence-corrected chi connectivity index (χ1v) is 12.4. The molecule has 5 rings (SSSR count). The minimum atomic E-state index is 0.135. The van der Waals surface area contributed by atoms with Crippen molar-refractivity contribution in [2.24, 2.45) is 0 Å². The molecule has 0 N–H and O–H groups in total. The topological polar surface area (TPSA) is 0 Å². The van der Waals surface area contributed by atoms with Crippen molar-refractivity contribution in [2.45, 2.75) is 87.9 Å². The molecule has 0 aliphatic heterocycles. The molecule has 0 radical (unpaired) electrons. The number of allylic oxidation sites excluding steroid dienone is 4. The quantitative estimate of drug-likeness (QED) is 0.478. The summed E-state index contributed by atoms with van der Waals surface area (Å²) in [5, 5.41) is 0. The standard InChI is InChI=1S/C30H36/c1-3-13-21-27-28-22-14-4-2-6-16-24-30(28,26-19-11-8-12-20-26)29(27,23-15-5-1)25-17-9-7-10-18-25/h7-12,17-22H,1-6,13-16,23-24H2/b27-21-,28-22-/t29-,30-/m0/s1. The third kappa shape index (κ3) is 3.03. The molecule has 156 valence electrons. The lowest BCUT2D eigenvalue weighted by atomic mass is 9.37. The van der Waals surface area contributed by atoms with E-state index in [0.29, 0.717) is 0 Å². The molecule has 2 atom stereocenters. The van der Waals surface area contributed by atoms with E-state index in [9.17, 15) is 0 Å². The number of hydrogen-bond donors (Lipinski definition) is 0. The average molecular weight is 397 g/mol. The molecule has 0 heteroatoms. The first kappa shape index (κ1) is 19.9. The Morgan fingerprint density at radius 3 is 1.27 bits per heavy atom. The van der Waals surface area contributed by atoms with E-state index in [2.05, 4.69) is 72.8 Å². The zero-order chi connectivity index (χ0) is 20.3. The lowest BCUT2D eigenvalue weighted by molar-refractivity contribution is 0.192. The molecule has 0 amide bonds. The van der Waals surface area contributed by atoms with Gasteiger partial charge in [0.25, 0.3) is 0 Å². The van der Waals surface area contributed by atoms with Crippen molar-refractivity contribution in [1.82, 2.24) is 0 Å². The van der Waals surface area contributed by atoms with Crippen LogP contribution in [0, 0.1) is 0 Å². The van der Waals surface area contributed by atoms with Crippen molar-refractivity contribution in [1.29, 1.82) is 0 Å². The molecule has 0 aromatic heterocycles. The van der Waals surface area contributed by atoms with E-state index in [-0.39, 0.29) is 10.8 Å². The number of hydrogen-bond acceptors (Lipinski definition) is 0. The Morgan fingerprint density at radius 1 is 0.433 bits per heavy atom. The van der Waals surface area contributed by atoms with Crippen LogP contribution in [0.3, 0.4) is 0 Å². The summed E-state index contributed by atoms with van der Waals surface area (Å²) in [6, 6.07) is 23.2. The van der Waals surface area contributed by atoms with Gasteiger partial charge in [-0.05, 0) is 60.8 Å². The summed E-state index contributed by atoms with van der Waals surface area (Å²) in [7, 11) is 0. The highest BCUT2D eigenvalue weighted by molar-refractivity contribution is 5.71. The molecule has 30 heavy (non-hydrogen) atoms.